The minimum absolute atomic E-state index is 0.0998. The van der Waals surface area contributed by atoms with Crippen LogP contribution in [0.5, 0.6) is 11.6 Å². The molecule has 0 bridgehead atoms. The maximum absolute atomic E-state index is 12.6. The Morgan fingerprint density at radius 1 is 1.26 bits per heavy atom. The van der Waals surface area contributed by atoms with E-state index in [2.05, 4.69) is 47.1 Å². The zero-order valence-corrected chi connectivity index (χ0v) is 22.1. The molecular formula is C27H34N6O5. The standard InChI is InChI=1S/C27H34N6O5/c1-15-8-21(37-14-27(28)5-6-27)16(2)20-10-17(9-19(15)20)32(3)7-4-18-12-33(26(35)38-18)22-11-29-25-24(30-22)31-23(34)13-36-25/h8,11,17-18H,4-7,9-10,12-14,28H2,1-3H3,(H,30,31,34). The van der Waals surface area contributed by atoms with Gasteiger partial charge in [-0.2, -0.15) is 0 Å². The highest BCUT2D eigenvalue weighted by atomic mass is 16.6. The van der Waals surface area contributed by atoms with Crippen LogP contribution >= 0.6 is 0 Å². The number of cyclic esters (lactones) is 1. The number of likely N-dealkylation sites (N-methyl/N-ethyl adjacent to an activating group) is 1. The Bertz CT molecular complexity index is 1300. The average molecular weight is 523 g/mol. The molecule has 6 rings (SSSR count). The van der Waals surface area contributed by atoms with E-state index < -0.39 is 6.09 Å². The highest BCUT2D eigenvalue weighted by Gasteiger charge is 2.40. The van der Waals surface area contributed by atoms with Gasteiger partial charge >= 0.3 is 6.09 Å². The smallest absolute Gasteiger partial charge is 0.415 e. The molecule has 38 heavy (non-hydrogen) atoms. The van der Waals surface area contributed by atoms with Crippen LogP contribution in [0.2, 0.25) is 0 Å². The lowest BCUT2D eigenvalue weighted by atomic mass is 9.99. The van der Waals surface area contributed by atoms with E-state index in [1.807, 2.05) is 0 Å². The van der Waals surface area contributed by atoms with Crippen LogP contribution < -0.4 is 25.4 Å². The molecule has 11 heteroatoms. The molecule has 2 atom stereocenters. The third-order valence-corrected chi connectivity index (χ3v) is 8.20. The van der Waals surface area contributed by atoms with Gasteiger partial charge in [-0.05, 0) is 81.3 Å². The van der Waals surface area contributed by atoms with Crippen molar-refractivity contribution in [3.63, 3.8) is 0 Å². The van der Waals surface area contributed by atoms with Gasteiger partial charge < -0.3 is 30.2 Å². The number of amides is 2. The molecule has 3 heterocycles. The summed E-state index contributed by atoms with van der Waals surface area (Å²) in [6, 6.07) is 2.54. The topological polar surface area (TPSA) is 132 Å². The van der Waals surface area contributed by atoms with E-state index in [0.717, 1.165) is 38.0 Å². The number of anilines is 2. The van der Waals surface area contributed by atoms with Crippen molar-refractivity contribution in [2.45, 2.75) is 63.6 Å². The first-order valence-corrected chi connectivity index (χ1v) is 13.2. The molecule has 0 spiro atoms. The summed E-state index contributed by atoms with van der Waals surface area (Å²) in [5, 5.41) is 2.62. The van der Waals surface area contributed by atoms with Gasteiger partial charge in [-0.25, -0.2) is 14.8 Å². The summed E-state index contributed by atoms with van der Waals surface area (Å²) in [5.41, 5.74) is 11.4. The largest absolute Gasteiger partial charge is 0.491 e. The molecule has 2 fully saturated rings. The van der Waals surface area contributed by atoms with Crippen LogP contribution in [0.3, 0.4) is 0 Å². The average Bonchev–Trinajstić information content (AvgIpc) is 3.29. The van der Waals surface area contributed by atoms with Crippen molar-refractivity contribution in [1.29, 1.82) is 0 Å². The maximum Gasteiger partial charge on any atom is 0.415 e. The predicted molar refractivity (Wildman–Crippen MR) is 140 cm³/mol. The van der Waals surface area contributed by atoms with E-state index in [4.69, 9.17) is 19.9 Å². The number of nitrogens with two attached hydrogens (primary N) is 1. The Morgan fingerprint density at radius 3 is 2.84 bits per heavy atom. The summed E-state index contributed by atoms with van der Waals surface area (Å²) in [5.74, 6) is 1.43. The lowest BCUT2D eigenvalue weighted by Gasteiger charge is -2.25. The number of hydrogen-bond acceptors (Lipinski definition) is 9. The van der Waals surface area contributed by atoms with E-state index in [1.54, 1.807) is 0 Å². The Balaban J connectivity index is 1.05. The van der Waals surface area contributed by atoms with Crippen molar-refractivity contribution in [2.75, 3.05) is 43.6 Å². The maximum atomic E-state index is 12.6. The van der Waals surface area contributed by atoms with Gasteiger partial charge in [0.2, 0.25) is 0 Å². The van der Waals surface area contributed by atoms with Crippen molar-refractivity contribution < 1.29 is 23.8 Å². The summed E-state index contributed by atoms with van der Waals surface area (Å²) in [7, 11) is 2.13. The molecule has 2 amide bonds. The molecule has 2 aromatic rings. The molecule has 1 aromatic carbocycles. The monoisotopic (exact) mass is 522 g/mol. The van der Waals surface area contributed by atoms with Crippen molar-refractivity contribution in [3.8, 4) is 11.6 Å². The zero-order valence-electron chi connectivity index (χ0n) is 22.1. The molecule has 4 aliphatic rings. The van der Waals surface area contributed by atoms with E-state index >= 15 is 0 Å². The molecule has 202 valence electrons. The van der Waals surface area contributed by atoms with Crippen LogP contribution in [0.1, 0.15) is 41.5 Å². The summed E-state index contributed by atoms with van der Waals surface area (Å²) < 4.78 is 17.0. The number of carbonyl (C=O) groups is 2. The molecule has 0 radical (unpaired) electrons. The fraction of sp³-hybridized carbons (Fsp3) is 0.556. The number of hydrogen-bond donors (Lipinski definition) is 2. The van der Waals surface area contributed by atoms with Crippen molar-refractivity contribution in [1.82, 2.24) is 14.9 Å². The molecule has 3 N–H and O–H groups in total. The van der Waals surface area contributed by atoms with Gasteiger partial charge in [0.25, 0.3) is 11.8 Å². The molecule has 2 aliphatic carbocycles. The van der Waals surface area contributed by atoms with E-state index in [1.165, 1.54) is 33.4 Å². The highest BCUT2D eigenvalue weighted by molar-refractivity contribution is 5.94. The number of fused-ring (bicyclic) bond motifs is 2. The van der Waals surface area contributed by atoms with E-state index in [0.29, 0.717) is 31.4 Å². The van der Waals surface area contributed by atoms with Gasteiger partial charge in [0.05, 0.1) is 18.3 Å². The van der Waals surface area contributed by atoms with Crippen LogP contribution in [0.4, 0.5) is 16.4 Å². The minimum atomic E-state index is -0.465. The van der Waals surface area contributed by atoms with Crippen LogP contribution in [0.25, 0.3) is 0 Å². The highest BCUT2D eigenvalue weighted by Crippen LogP contribution is 2.38. The lowest BCUT2D eigenvalue weighted by Crippen LogP contribution is -2.35. The number of benzene rings is 1. The Hall–Kier alpha value is -3.44. The fourth-order valence-corrected chi connectivity index (χ4v) is 5.47. The van der Waals surface area contributed by atoms with Gasteiger partial charge in [-0.1, -0.05) is 0 Å². The normalized spacial score (nSPS) is 23.0. The number of aromatic nitrogens is 2. The first-order chi connectivity index (χ1) is 18.2. The quantitative estimate of drug-likeness (QED) is 0.535. The SMILES string of the molecule is Cc1cc(OCC2(N)CC2)c(C)c2c1CC(N(C)CCC1CN(c3cnc4c(n3)NC(=O)CO4)C(=O)O1)C2. The lowest BCUT2D eigenvalue weighted by molar-refractivity contribution is -0.118. The van der Waals surface area contributed by atoms with E-state index in [9.17, 15) is 9.59 Å². The van der Waals surface area contributed by atoms with Crippen LogP contribution in [0.15, 0.2) is 12.3 Å². The van der Waals surface area contributed by atoms with Gasteiger partial charge in [0, 0.05) is 12.6 Å². The third kappa shape index (κ3) is 4.76. The predicted octanol–water partition coefficient (Wildman–Crippen LogP) is 2.11. The van der Waals surface area contributed by atoms with Crippen LogP contribution in [-0.4, -0.2) is 77.9 Å². The van der Waals surface area contributed by atoms with Gasteiger partial charge in [0.1, 0.15) is 18.5 Å². The van der Waals surface area contributed by atoms with Crippen molar-refractivity contribution in [3.05, 3.63) is 34.5 Å². The van der Waals surface area contributed by atoms with Crippen molar-refractivity contribution >= 4 is 23.6 Å². The third-order valence-electron chi connectivity index (χ3n) is 8.20. The summed E-state index contributed by atoms with van der Waals surface area (Å²) >= 11 is 0. The first-order valence-electron chi connectivity index (χ1n) is 13.2. The van der Waals surface area contributed by atoms with Crippen LogP contribution in [0, 0.1) is 13.8 Å². The Labute approximate surface area is 221 Å². The second kappa shape index (κ2) is 9.39. The number of nitrogens with one attached hydrogen (secondary N) is 1. The minimum Gasteiger partial charge on any atom is -0.491 e. The Kier molecular flexibility index (Phi) is 6.14. The second-order valence-corrected chi connectivity index (χ2v) is 11.1. The number of rotatable bonds is 8. The number of nitrogens with zero attached hydrogens (tertiary/aromatic N) is 4. The molecule has 1 aromatic heterocycles. The number of aryl methyl sites for hydroxylation is 1. The van der Waals surface area contributed by atoms with Gasteiger partial charge in [0.15, 0.2) is 18.2 Å². The summed E-state index contributed by atoms with van der Waals surface area (Å²) in [6.07, 6.45) is 5.47. The molecule has 2 aliphatic heterocycles. The molecule has 1 saturated heterocycles. The Morgan fingerprint density at radius 2 is 2.05 bits per heavy atom. The molecular weight excluding hydrogens is 488 g/mol. The van der Waals surface area contributed by atoms with Gasteiger partial charge in [-0.3, -0.25) is 9.69 Å². The summed E-state index contributed by atoms with van der Waals surface area (Å²) in [4.78, 5) is 36.5. The van der Waals surface area contributed by atoms with E-state index in [-0.39, 0.29) is 35.9 Å². The zero-order chi connectivity index (χ0) is 26.6. The first kappa shape index (κ1) is 24.9. The number of ether oxygens (including phenoxy) is 3. The fourth-order valence-electron chi connectivity index (χ4n) is 5.47. The second-order valence-electron chi connectivity index (χ2n) is 11.1. The van der Waals surface area contributed by atoms with Crippen LogP contribution in [-0.2, 0) is 22.4 Å². The molecule has 11 nitrogen and oxygen atoms in total. The van der Waals surface area contributed by atoms with Gasteiger partial charge in [-0.15, -0.1) is 0 Å². The number of carbonyl (C=O) groups excluding carboxylic acids is 2. The van der Waals surface area contributed by atoms with Crippen molar-refractivity contribution in [2.24, 2.45) is 5.73 Å². The molecule has 2 unspecified atom stereocenters. The molecule has 1 saturated carbocycles. The summed E-state index contributed by atoms with van der Waals surface area (Å²) in [6.45, 7) is 5.96.